The van der Waals surface area contributed by atoms with Crippen LogP contribution in [0.15, 0.2) is 30.3 Å². The molecule has 1 saturated carbocycles. The first kappa shape index (κ1) is 15.9. The molecule has 6 heteroatoms. The van der Waals surface area contributed by atoms with Gasteiger partial charge in [0.15, 0.2) is 0 Å². The van der Waals surface area contributed by atoms with Gasteiger partial charge in [0.05, 0.1) is 17.8 Å². The molecule has 2 N–H and O–H groups in total. The van der Waals surface area contributed by atoms with Crippen LogP contribution in [0, 0.1) is 5.92 Å². The fourth-order valence-corrected chi connectivity index (χ4v) is 3.76. The molecule has 130 valence electrons. The first-order chi connectivity index (χ1) is 12.2. The Morgan fingerprint density at radius 3 is 2.64 bits per heavy atom. The predicted octanol–water partition coefficient (Wildman–Crippen LogP) is 2.68. The van der Waals surface area contributed by atoms with Crippen LogP contribution in [-0.2, 0) is 11.2 Å². The number of anilines is 1. The molecule has 0 spiro atoms. The third-order valence-electron chi connectivity index (χ3n) is 5.05. The standard InChI is InChI=1S/C19H22N4O2/c24-16-11-15-17(19(25)21-16)18(20-12-13-7-3-1-4-8-13)23(22-15)14-9-5-2-6-10-14/h2,5-6,9-10,13,20H,1,3-4,7-8,11-12H2,(H,21,24,25). The molecule has 1 aromatic carbocycles. The number of aromatic nitrogens is 2. The maximum absolute atomic E-state index is 12.4. The van der Waals surface area contributed by atoms with Crippen LogP contribution in [0.1, 0.15) is 48.2 Å². The van der Waals surface area contributed by atoms with E-state index in [0.717, 1.165) is 12.2 Å². The first-order valence-electron chi connectivity index (χ1n) is 8.98. The number of benzene rings is 1. The van der Waals surface area contributed by atoms with Crippen LogP contribution in [-0.4, -0.2) is 28.1 Å². The van der Waals surface area contributed by atoms with Gasteiger partial charge in [0.2, 0.25) is 5.91 Å². The van der Waals surface area contributed by atoms with Crippen LogP contribution >= 0.6 is 0 Å². The summed E-state index contributed by atoms with van der Waals surface area (Å²) in [5, 5.41) is 10.4. The normalized spacial score (nSPS) is 17.9. The number of hydrogen-bond donors (Lipinski definition) is 2. The average Bonchev–Trinajstić information content (AvgIpc) is 3.00. The van der Waals surface area contributed by atoms with Crippen molar-refractivity contribution in [1.82, 2.24) is 15.1 Å². The Balaban J connectivity index is 1.69. The van der Waals surface area contributed by atoms with E-state index >= 15 is 0 Å². The number of para-hydroxylation sites is 1. The largest absolute Gasteiger partial charge is 0.369 e. The zero-order valence-electron chi connectivity index (χ0n) is 14.1. The summed E-state index contributed by atoms with van der Waals surface area (Å²) in [6.07, 6.45) is 6.45. The minimum absolute atomic E-state index is 0.138. The van der Waals surface area contributed by atoms with E-state index in [1.807, 2.05) is 30.3 Å². The quantitative estimate of drug-likeness (QED) is 0.841. The monoisotopic (exact) mass is 338 g/mol. The van der Waals surface area contributed by atoms with Crippen molar-refractivity contribution in [3.63, 3.8) is 0 Å². The Labute approximate surface area is 146 Å². The van der Waals surface area contributed by atoms with E-state index in [2.05, 4.69) is 15.7 Å². The molecule has 1 aromatic heterocycles. The molecule has 2 aromatic rings. The van der Waals surface area contributed by atoms with Gasteiger partial charge in [-0.2, -0.15) is 5.10 Å². The predicted molar refractivity (Wildman–Crippen MR) is 94.8 cm³/mol. The molecule has 4 rings (SSSR count). The summed E-state index contributed by atoms with van der Waals surface area (Å²) in [6, 6.07) is 9.71. The Morgan fingerprint density at radius 1 is 1.12 bits per heavy atom. The van der Waals surface area contributed by atoms with E-state index in [0.29, 0.717) is 23.0 Å². The highest BCUT2D eigenvalue weighted by Crippen LogP contribution is 2.29. The zero-order valence-corrected chi connectivity index (χ0v) is 14.1. The van der Waals surface area contributed by atoms with Crippen LogP contribution in [0.4, 0.5) is 5.82 Å². The number of amides is 2. The summed E-state index contributed by atoms with van der Waals surface area (Å²) in [4.78, 5) is 24.1. The Hall–Kier alpha value is -2.63. The van der Waals surface area contributed by atoms with Crippen LogP contribution in [0.25, 0.3) is 5.69 Å². The van der Waals surface area contributed by atoms with Gasteiger partial charge >= 0.3 is 0 Å². The topological polar surface area (TPSA) is 76.0 Å². The van der Waals surface area contributed by atoms with Crippen molar-refractivity contribution >= 4 is 17.6 Å². The van der Waals surface area contributed by atoms with Crippen molar-refractivity contribution in [2.24, 2.45) is 5.92 Å². The molecule has 0 saturated heterocycles. The number of nitrogens with one attached hydrogen (secondary N) is 2. The summed E-state index contributed by atoms with van der Waals surface area (Å²) in [5.41, 5.74) is 1.92. The van der Waals surface area contributed by atoms with E-state index in [1.54, 1.807) is 4.68 Å². The van der Waals surface area contributed by atoms with E-state index in [-0.39, 0.29) is 18.2 Å². The van der Waals surface area contributed by atoms with Crippen molar-refractivity contribution in [2.45, 2.75) is 38.5 Å². The molecule has 1 fully saturated rings. The SMILES string of the molecule is O=C1Cc2nn(-c3ccccc3)c(NCC3CCCCC3)c2C(=O)N1. The van der Waals surface area contributed by atoms with E-state index in [1.165, 1.54) is 32.1 Å². The summed E-state index contributed by atoms with van der Waals surface area (Å²) < 4.78 is 1.76. The molecule has 2 aliphatic rings. The van der Waals surface area contributed by atoms with E-state index in [9.17, 15) is 9.59 Å². The molecule has 2 amide bonds. The molecule has 0 atom stereocenters. The smallest absolute Gasteiger partial charge is 0.263 e. The lowest BCUT2D eigenvalue weighted by atomic mass is 9.89. The molecule has 1 aliphatic heterocycles. The Bertz CT molecular complexity index is 791. The van der Waals surface area contributed by atoms with E-state index < -0.39 is 0 Å². The van der Waals surface area contributed by atoms with Gasteiger partial charge in [-0.1, -0.05) is 37.5 Å². The molecule has 0 radical (unpaired) electrons. The minimum atomic E-state index is -0.362. The van der Waals surface area contributed by atoms with Crippen molar-refractivity contribution in [3.05, 3.63) is 41.6 Å². The highest BCUT2D eigenvalue weighted by molar-refractivity contribution is 6.12. The van der Waals surface area contributed by atoms with Crippen molar-refractivity contribution in [1.29, 1.82) is 0 Å². The van der Waals surface area contributed by atoms with Crippen LogP contribution < -0.4 is 10.6 Å². The highest BCUT2D eigenvalue weighted by atomic mass is 16.2. The first-order valence-corrected chi connectivity index (χ1v) is 8.98. The van der Waals surface area contributed by atoms with Gasteiger partial charge < -0.3 is 5.32 Å². The van der Waals surface area contributed by atoms with Gasteiger partial charge in [-0.05, 0) is 30.9 Å². The van der Waals surface area contributed by atoms with Gasteiger partial charge in [0.25, 0.3) is 5.91 Å². The van der Waals surface area contributed by atoms with Crippen LogP contribution in [0.5, 0.6) is 0 Å². The third kappa shape index (κ3) is 3.16. The summed E-state index contributed by atoms with van der Waals surface area (Å²) in [6.45, 7) is 0.826. The lowest BCUT2D eigenvalue weighted by Crippen LogP contribution is -2.37. The number of fused-ring (bicyclic) bond motifs is 1. The summed E-state index contributed by atoms with van der Waals surface area (Å²) in [7, 11) is 0. The summed E-state index contributed by atoms with van der Waals surface area (Å²) in [5.74, 6) is 0.655. The van der Waals surface area contributed by atoms with E-state index in [4.69, 9.17) is 0 Å². The van der Waals surface area contributed by atoms with Gasteiger partial charge in [0.1, 0.15) is 11.4 Å². The number of rotatable bonds is 4. The van der Waals surface area contributed by atoms with Crippen LogP contribution in [0.2, 0.25) is 0 Å². The molecule has 0 unspecified atom stereocenters. The zero-order chi connectivity index (χ0) is 17.2. The molecule has 0 bridgehead atoms. The number of carbonyl (C=O) groups is 2. The van der Waals surface area contributed by atoms with Gasteiger partial charge in [-0.25, -0.2) is 4.68 Å². The van der Waals surface area contributed by atoms with Gasteiger partial charge in [-0.3, -0.25) is 14.9 Å². The fraction of sp³-hybridized carbons (Fsp3) is 0.421. The number of hydrogen-bond acceptors (Lipinski definition) is 4. The average molecular weight is 338 g/mol. The second kappa shape index (κ2) is 6.70. The van der Waals surface area contributed by atoms with Crippen molar-refractivity contribution in [3.8, 4) is 5.69 Å². The molecule has 6 nitrogen and oxygen atoms in total. The van der Waals surface area contributed by atoms with Crippen LogP contribution in [0.3, 0.4) is 0 Å². The second-order valence-corrected chi connectivity index (χ2v) is 6.86. The number of nitrogens with zero attached hydrogens (tertiary/aromatic N) is 2. The molecule has 2 heterocycles. The van der Waals surface area contributed by atoms with Crippen molar-refractivity contribution in [2.75, 3.05) is 11.9 Å². The second-order valence-electron chi connectivity index (χ2n) is 6.86. The number of imide groups is 1. The molecular formula is C19H22N4O2. The molecule has 25 heavy (non-hydrogen) atoms. The van der Waals surface area contributed by atoms with Gasteiger partial charge in [0, 0.05) is 6.54 Å². The Morgan fingerprint density at radius 2 is 1.88 bits per heavy atom. The van der Waals surface area contributed by atoms with Crippen molar-refractivity contribution < 1.29 is 9.59 Å². The maximum Gasteiger partial charge on any atom is 0.263 e. The minimum Gasteiger partial charge on any atom is -0.369 e. The number of carbonyl (C=O) groups excluding carboxylic acids is 2. The summed E-state index contributed by atoms with van der Waals surface area (Å²) >= 11 is 0. The third-order valence-corrected chi connectivity index (χ3v) is 5.05. The Kier molecular flexibility index (Phi) is 4.26. The fourth-order valence-electron chi connectivity index (χ4n) is 3.76. The highest BCUT2D eigenvalue weighted by Gasteiger charge is 2.31. The maximum atomic E-state index is 12.4. The lowest BCUT2D eigenvalue weighted by Gasteiger charge is -2.23. The molecular weight excluding hydrogens is 316 g/mol. The molecule has 1 aliphatic carbocycles. The van der Waals surface area contributed by atoms with Gasteiger partial charge in [-0.15, -0.1) is 0 Å². The lowest BCUT2D eigenvalue weighted by molar-refractivity contribution is -0.119.